The van der Waals surface area contributed by atoms with E-state index in [1.807, 2.05) is 30.3 Å². The van der Waals surface area contributed by atoms with Crippen LogP contribution >= 0.6 is 0 Å². The van der Waals surface area contributed by atoms with Crippen molar-refractivity contribution >= 4 is 17.1 Å². The first-order valence-electron chi connectivity index (χ1n) is 8.27. The first kappa shape index (κ1) is 15.7. The fourth-order valence-corrected chi connectivity index (χ4v) is 3.18. The minimum atomic E-state index is 0.346. The second-order valence-electron chi connectivity index (χ2n) is 5.98. The molecule has 0 aliphatic carbocycles. The van der Waals surface area contributed by atoms with Crippen LogP contribution < -0.4 is 15.6 Å². The standard InChI is InChI=1S/C18H19N5O2/c19-11-16-15-5-8-25-12-17(15)21-23(18(16)20)14-3-1-13(2-4-14)22-6-9-24-10-7-22/h1-5H,6-10,12,20H2. The predicted octanol–water partition coefficient (Wildman–Crippen LogP) is 1.35. The summed E-state index contributed by atoms with van der Waals surface area (Å²) in [6.07, 6.45) is 1.85. The lowest BCUT2D eigenvalue weighted by molar-refractivity contribution is 0.122. The van der Waals surface area contributed by atoms with Gasteiger partial charge in [0.25, 0.3) is 0 Å². The Morgan fingerprint density at radius 3 is 2.52 bits per heavy atom. The first-order valence-corrected chi connectivity index (χ1v) is 8.27. The molecule has 0 atom stereocenters. The molecular weight excluding hydrogens is 318 g/mol. The lowest BCUT2D eigenvalue weighted by atomic mass is 9.99. The van der Waals surface area contributed by atoms with Crippen molar-refractivity contribution in [1.29, 1.82) is 5.26 Å². The lowest BCUT2D eigenvalue weighted by Gasteiger charge is -2.31. The zero-order chi connectivity index (χ0) is 17.2. The molecule has 2 N–H and O–H groups in total. The Kier molecular flexibility index (Phi) is 4.14. The number of ether oxygens (including phenoxy) is 2. The van der Waals surface area contributed by atoms with E-state index in [9.17, 15) is 5.26 Å². The average Bonchev–Trinajstić information content (AvgIpc) is 2.68. The summed E-state index contributed by atoms with van der Waals surface area (Å²) >= 11 is 0. The van der Waals surface area contributed by atoms with Crippen LogP contribution in [-0.2, 0) is 9.47 Å². The molecule has 1 saturated heterocycles. The Morgan fingerprint density at radius 2 is 1.80 bits per heavy atom. The van der Waals surface area contributed by atoms with Crippen molar-refractivity contribution in [1.82, 2.24) is 0 Å². The number of anilines is 2. The van der Waals surface area contributed by atoms with Gasteiger partial charge in [0.2, 0.25) is 0 Å². The summed E-state index contributed by atoms with van der Waals surface area (Å²) in [6, 6.07) is 10.2. The molecular formula is C18H19N5O2. The molecule has 4 rings (SSSR count). The minimum Gasteiger partial charge on any atom is -0.383 e. The molecule has 1 aromatic carbocycles. The van der Waals surface area contributed by atoms with E-state index in [1.54, 1.807) is 5.01 Å². The lowest BCUT2D eigenvalue weighted by Crippen LogP contribution is -2.36. The molecule has 7 nitrogen and oxygen atoms in total. The Hall–Kier alpha value is -2.82. The summed E-state index contributed by atoms with van der Waals surface area (Å²) < 4.78 is 10.8. The van der Waals surface area contributed by atoms with Gasteiger partial charge in [-0.3, -0.25) is 0 Å². The predicted molar refractivity (Wildman–Crippen MR) is 95.1 cm³/mol. The number of rotatable bonds is 2. The fraction of sp³-hybridized carbons (Fsp3) is 0.333. The summed E-state index contributed by atoms with van der Waals surface area (Å²) in [4.78, 5) is 2.28. The largest absolute Gasteiger partial charge is 0.383 e. The van der Waals surface area contributed by atoms with Gasteiger partial charge in [0.05, 0.1) is 37.8 Å². The molecule has 0 aromatic heterocycles. The molecule has 0 radical (unpaired) electrons. The summed E-state index contributed by atoms with van der Waals surface area (Å²) in [5.41, 5.74) is 10.1. The number of benzene rings is 1. The van der Waals surface area contributed by atoms with E-state index >= 15 is 0 Å². The Balaban J connectivity index is 1.65. The molecule has 0 amide bonds. The van der Waals surface area contributed by atoms with Gasteiger partial charge in [-0.15, -0.1) is 0 Å². The van der Waals surface area contributed by atoms with Gasteiger partial charge in [-0.2, -0.15) is 10.4 Å². The summed E-state index contributed by atoms with van der Waals surface area (Å²) in [6.45, 7) is 4.12. The molecule has 0 spiro atoms. The molecule has 25 heavy (non-hydrogen) atoms. The van der Waals surface area contributed by atoms with Crippen molar-refractivity contribution in [3.8, 4) is 6.07 Å². The Labute approximate surface area is 146 Å². The molecule has 128 valence electrons. The normalized spacial score (nSPS) is 20.6. The van der Waals surface area contributed by atoms with E-state index in [-0.39, 0.29) is 0 Å². The molecule has 0 saturated carbocycles. The van der Waals surface area contributed by atoms with E-state index in [0.29, 0.717) is 24.6 Å². The van der Waals surface area contributed by atoms with Crippen LogP contribution in [0.2, 0.25) is 0 Å². The van der Waals surface area contributed by atoms with Crippen molar-refractivity contribution in [2.45, 2.75) is 0 Å². The topological polar surface area (TPSA) is 87.1 Å². The van der Waals surface area contributed by atoms with Gasteiger partial charge < -0.3 is 20.1 Å². The molecule has 1 fully saturated rings. The third-order valence-corrected chi connectivity index (χ3v) is 4.51. The van der Waals surface area contributed by atoms with E-state index in [4.69, 9.17) is 15.2 Å². The van der Waals surface area contributed by atoms with Crippen LogP contribution in [0.15, 0.2) is 52.4 Å². The SMILES string of the molecule is N#CC1=C(N)N(c2ccc(N3CCOCC3)cc2)N=C2COCC=C21. The Morgan fingerprint density at radius 1 is 1.08 bits per heavy atom. The second-order valence-corrected chi connectivity index (χ2v) is 5.98. The van der Waals surface area contributed by atoms with Crippen LogP contribution in [0.1, 0.15) is 0 Å². The average molecular weight is 337 g/mol. The highest BCUT2D eigenvalue weighted by Crippen LogP contribution is 2.30. The van der Waals surface area contributed by atoms with Gasteiger partial charge in [0.1, 0.15) is 17.5 Å². The third-order valence-electron chi connectivity index (χ3n) is 4.51. The number of fused-ring (bicyclic) bond motifs is 1. The number of nitriles is 1. The number of hydrogen-bond acceptors (Lipinski definition) is 7. The highest BCUT2D eigenvalue weighted by molar-refractivity contribution is 6.08. The highest BCUT2D eigenvalue weighted by Gasteiger charge is 2.28. The van der Waals surface area contributed by atoms with E-state index < -0.39 is 0 Å². The molecule has 3 heterocycles. The maximum absolute atomic E-state index is 9.51. The van der Waals surface area contributed by atoms with Gasteiger partial charge in [0.15, 0.2) is 0 Å². The number of nitrogens with zero attached hydrogens (tertiary/aromatic N) is 4. The van der Waals surface area contributed by atoms with Crippen LogP contribution in [0, 0.1) is 11.3 Å². The quantitative estimate of drug-likeness (QED) is 0.876. The molecule has 0 bridgehead atoms. The van der Waals surface area contributed by atoms with Crippen LogP contribution in [0.3, 0.4) is 0 Å². The summed E-state index contributed by atoms with van der Waals surface area (Å²) in [7, 11) is 0. The van der Waals surface area contributed by atoms with Crippen molar-refractivity contribution in [3.63, 3.8) is 0 Å². The van der Waals surface area contributed by atoms with Crippen molar-refractivity contribution < 1.29 is 9.47 Å². The number of allylic oxidation sites excluding steroid dienone is 1. The van der Waals surface area contributed by atoms with Crippen molar-refractivity contribution in [2.24, 2.45) is 10.8 Å². The Bertz CT molecular complexity index is 798. The maximum atomic E-state index is 9.51. The highest BCUT2D eigenvalue weighted by atomic mass is 16.5. The molecule has 7 heteroatoms. The molecule has 3 aliphatic heterocycles. The van der Waals surface area contributed by atoms with Crippen LogP contribution in [0.25, 0.3) is 0 Å². The van der Waals surface area contributed by atoms with Gasteiger partial charge in [-0.05, 0) is 30.3 Å². The third kappa shape index (κ3) is 2.86. The first-order chi connectivity index (χ1) is 12.3. The van der Waals surface area contributed by atoms with Crippen LogP contribution in [-0.4, -0.2) is 45.2 Å². The second kappa shape index (κ2) is 6.59. The monoisotopic (exact) mass is 337 g/mol. The number of hydrazone groups is 1. The van der Waals surface area contributed by atoms with E-state index in [2.05, 4.69) is 16.1 Å². The summed E-state index contributed by atoms with van der Waals surface area (Å²) in [5.74, 6) is 0.346. The van der Waals surface area contributed by atoms with Gasteiger partial charge in [-0.1, -0.05) is 0 Å². The summed E-state index contributed by atoms with van der Waals surface area (Å²) in [5, 5.41) is 15.7. The maximum Gasteiger partial charge on any atom is 0.144 e. The van der Waals surface area contributed by atoms with Crippen molar-refractivity contribution in [2.75, 3.05) is 49.4 Å². The van der Waals surface area contributed by atoms with Crippen molar-refractivity contribution in [3.05, 3.63) is 47.3 Å². The smallest absolute Gasteiger partial charge is 0.144 e. The number of nitrogens with two attached hydrogens (primary N) is 1. The van der Waals surface area contributed by atoms with Gasteiger partial charge >= 0.3 is 0 Å². The molecule has 0 unspecified atom stereocenters. The minimum absolute atomic E-state index is 0.346. The van der Waals surface area contributed by atoms with Crippen LogP contribution in [0.4, 0.5) is 11.4 Å². The van der Waals surface area contributed by atoms with Crippen LogP contribution in [0.5, 0.6) is 0 Å². The van der Waals surface area contributed by atoms with E-state index in [1.165, 1.54) is 0 Å². The number of morpholine rings is 1. The van der Waals surface area contributed by atoms with Gasteiger partial charge in [0, 0.05) is 24.4 Å². The molecule has 3 aliphatic rings. The fourth-order valence-electron chi connectivity index (χ4n) is 3.18. The zero-order valence-electron chi connectivity index (χ0n) is 13.8. The van der Waals surface area contributed by atoms with E-state index in [0.717, 1.165) is 49.0 Å². The zero-order valence-corrected chi connectivity index (χ0v) is 13.8. The number of hydrogen-bond donors (Lipinski definition) is 1. The van der Waals surface area contributed by atoms with Gasteiger partial charge in [-0.25, -0.2) is 5.01 Å². The molecule has 1 aromatic rings.